The Morgan fingerprint density at radius 2 is 1.82 bits per heavy atom. The van der Waals surface area contributed by atoms with Gasteiger partial charge in [0.25, 0.3) is 0 Å². The molecule has 0 aliphatic heterocycles. The van der Waals surface area contributed by atoms with Crippen molar-refractivity contribution in [2.24, 2.45) is 0 Å². The maximum absolute atomic E-state index is 13.6. The summed E-state index contributed by atoms with van der Waals surface area (Å²) < 4.78 is 18.6. The SMILES string of the molecule is COc1ccc(Sc2ccc(Cl)cc2F)cc1. The van der Waals surface area contributed by atoms with E-state index in [0.717, 1.165) is 10.6 Å². The molecule has 0 N–H and O–H groups in total. The number of hydrogen-bond acceptors (Lipinski definition) is 2. The zero-order valence-electron chi connectivity index (χ0n) is 9.11. The highest BCUT2D eigenvalue weighted by Crippen LogP contribution is 2.31. The van der Waals surface area contributed by atoms with Crippen LogP contribution >= 0.6 is 23.4 Å². The zero-order chi connectivity index (χ0) is 12.3. The molecule has 0 aromatic heterocycles. The second kappa shape index (κ2) is 5.43. The van der Waals surface area contributed by atoms with Crippen LogP contribution in [0.15, 0.2) is 52.3 Å². The Labute approximate surface area is 109 Å². The summed E-state index contributed by atoms with van der Waals surface area (Å²) in [5.41, 5.74) is 0. The molecule has 4 heteroatoms. The molecule has 0 fully saturated rings. The van der Waals surface area contributed by atoms with Gasteiger partial charge in [0.2, 0.25) is 0 Å². The molecule has 0 amide bonds. The monoisotopic (exact) mass is 268 g/mol. The molecule has 0 aliphatic rings. The molecule has 0 spiro atoms. The van der Waals surface area contributed by atoms with Crippen LogP contribution in [0.2, 0.25) is 5.02 Å². The smallest absolute Gasteiger partial charge is 0.138 e. The fraction of sp³-hybridized carbons (Fsp3) is 0.0769. The first kappa shape index (κ1) is 12.3. The van der Waals surface area contributed by atoms with Gasteiger partial charge in [-0.3, -0.25) is 0 Å². The Bertz CT molecular complexity index is 513. The molecular weight excluding hydrogens is 259 g/mol. The van der Waals surface area contributed by atoms with Crippen molar-refractivity contribution < 1.29 is 9.13 Å². The van der Waals surface area contributed by atoms with Crippen molar-refractivity contribution in [3.63, 3.8) is 0 Å². The van der Waals surface area contributed by atoms with Crippen molar-refractivity contribution in [3.8, 4) is 5.75 Å². The molecule has 88 valence electrons. The highest BCUT2D eigenvalue weighted by Gasteiger charge is 2.05. The van der Waals surface area contributed by atoms with Crippen LogP contribution in [0.4, 0.5) is 4.39 Å². The molecule has 0 atom stereocenters. The summed E-state index contributed by atoms with van der Waals surface area (Å²) in [5, 5.41) is 0.404. The summed E-state index contributed by atoms with van der Waals surface area (Å²) in [5.74, 6) is 0.476. The normalized spacial score (nSPS) is 10.3. The minimum Gasteiger partial charge on any atom is -0.497 e. The van der Waals surface area contributed by atoms with Gasteiger partial charge in [-0.25, -0.2) is 4.39 Å². The quantitative estimate of drug-likeness (QED) is 0.802. The third-order valence-electron chi connectivity index (χ3n) is 2.18. The van der Waals surface area contributed by atoms with E-state index in [4.69, 9.17) is 16.3 Å². The highest BCUT2D eigenvalue weighted by atomic mass is 35.5. The molecule has 2 rings (SSSR count). The van der Waals surface area contributed by atoms with Gasteiger partial charge in [-0.1, -0.05) is 23.4 Å². The lowest BCUT2D eigenvalue weighted by atomic mass is 10.3. The molecule has 1 nitrogen and oxygen atoms in total. The van der Waals surface area contributed by atoms with E-state index in [1.165, 1.54) is 17.8 Å². The predicted molar refractivity (Wildman–Crippen MR) is 68.5 cm³/mol. The largest absolute Gasteiger partial charge is 0.497 e. The van der Waals surface area contributed by atoms with Crippen LogP contribution in [0, 0.1) is 5.82 Å². The van der Waals surface area contributed by atoms with Gasteiger partial charge in [-0.05, 0) is 42.5 Å². The average molecular weight is 269 g/mol. The van der Waals surface area contributed by atoms with Crippen LogP contribution in [0.25, 0.3) is 0 Å². The lowest BCUT2D eigenvalue weighted by Crippen LogP contribution is -1.83. The van der Waals surface area contributed by atoms with Crippen molar-refractivity contribution in [3.05, 3.63) is 53.3 Å². The number of ether oxygens (including phenoxy) is 1. The van der Waals surface area contributed by atoms with Gasteiger partial charge in [0, 0.05) is 14.8 Å². The molecule has 17 heavy (non-hydrogen) atoms. The van der Waals surface area contributed by atoms with Crippen molar-refractivity contribution >= 4 is 23.4 Å². The second-order valence-corrected chi connectivity index (χ2v) is 4.90. The minimum atomic E-state index is -0.307. The maximum Gasteiger partial charge on any atom is 0.138 e. The van der Waals surface area contributed by atoms with Gasteiger partial charge in [-0.15, -0.1) is 0 Å². The van der Waals surface area contributed by atoms with E-state index >= 15 is 0 Å². The van der Waals surface area contributed by atoms with Crippen LogP contribution in [0.5, 0.6) is 5.75 Å². The fourth-order valence-corrected chi connectivity index (χ4v) is 2.31. The lowest BCUT2D eigenvalue weighted by Gasteiger charge is -2.04. The van der Waals surface area contributed by atoms with Gasteiger partial charge < -0.3 is 4.74 Å². The Kier molecular flexibility index (Phi) is 3.92. The Morgan fingerprint density at radius 3 is 2.41 bits per heavy atom. The molecule has 0 aliphatic carbocycles. The van der Waals surface area contributed by atoms with E-state index in [9.17, 15) is 4.39 Å². The topological polar surface area (TPSA) is 9.23 Å². The maximum atomic E-state index is 13.6. The fourth-order valence-electron chi connectivity index (χ4n) is 1.33. The van der Waals surface area contributed by atoms with E-state index < -0.39 is 0 Å². The standard InChI is InChI=1S/C13H10ClFOS/c1-16-10-3-5-11(6-4-10)17-13-7-2-9(14)8-12(13)15/h2-8H,1H3. The molecule has 0 saturated carbocycles. The molecule has 0 heterocycles. The van der Waals surface area contributed by atoms with Gasteiger partial charge in [0.15, 0.2) is 0 Å². The number of rotatable bonds is 3. The van der Waals surface area contributed by atoms with Crippen molar-refractivity contribution in [2.45, 2.75) is 9.79 Å². The van der Waals surface area contributed by atoms with Gasteiger partial charge in [0.1, 0.15) is 11.6 Å². The molecule has 0 unspecified atom stereocenters. The first-order chi connectivity index (χ1) is 8.19. The van der Waals surface area contributed by atoms with E-state index in [2.05, 4.69) is 0 Å². The number of hydrogen-bond donors (Lipinski definition) is 0. The summed E-state index contributed by atoms with van der Waals surface area (Å²) in [6.07, 6.45) is 0. The average Bonchev–Trinajstić information content (AvgIpc) is 2.34. The Hall–Kier alpha value is -1.19. The molecule has 0 bridgehead atoms. The Morgan fingerprint density at radius 1 is 1.12 bits per heavy atom. The second-order valence-electron chi connectivity index (χ2n) is 3.35. The van der Waals surface area contributed by atoms with Gasteiger partial charge in [-0.2, -0.15) is 0 Å². The lowest BCUT2D eigenvalue weighted by molar-refractivity contribution is 0.414. The van der Waals surface area contributed by atoms with Crippen molar-refractivity contribution in [2.75, 3.05) is 7.11 Å². The van der Waals surface area contributed by atoms with Crippen LogP contribution in [0.1, 0.15) is 0 Å². The van der Waals surface area contributed by atoms with Crippen LogP contribution < -0.4 is 4.74 Å². The van der Waals surface area contributed by atoms with E-state index in [0.29, 0.717) is 9.92 Å². The minimum absolute atomic E-state index is 0.307. The van der Waals surface area contributed by atoms with Crippen molar-refractivity contribution in [1.82, 2.24) is 0 Å². The first-order valence-corrected chi connectivity index (χ1v) is 6.15. The van der Waals surface area contributed by atoms with Gasteiger partial charge in [0.05, 0.1) is 7.11 Å². The highest BCUT2D eigenvalue weighted by molar-refractivity contribution is 7.99. The van der Waals surface area contributed by atoms with E-state index in [1.54, 1.807) is 19.2 Å². The van der Waals surface area contributed by atoms with E-state index in [1.807, 2.05) is 24.3 Å². The summed E-state index contributed by atoms with van der Waals surface area (Å²) in [6.45, 7) is 0. The predicted octanol–water partition coefficient (Wildman–Crippen LogP) is 4.64. The Balaban J connectivity index is 2.19. The van der Waals surface area contributed by atoms with Gasteiger partial charge >= 0.3 is 0 Å². The molecule has 2 aromatic rings. The van der Waals surface area contributed by atoms with Crippen LogP contribution in [-0.4, -0.2) is 7.11 Å². The third kappa shape index (κ3) is 3.14. The van der Waals surface area contributed by atoms with Crippen LogP contribution in [-0.2, 0) is 0 Å². The third-order valence-corrected chi connectivity index (χ3v) is 3.48. The van der Waals surface area contributed by atoms with Crippen LogP contribution in [0.3, 0.4) is 0 Å². The summed E-state index contributed by atoms with van der Waals surface area (Å²) >= 11 is 7.05. The van der Waals surface area contributed by atoms with E-state index in [-0.39, 0.29) is 5.82 Å². The number of methoxy groups -OCH3 is 1. The molecule has 0 radical (unpaired) electrons. The first-order valence-electron chi connectivity index (χ1n) is 4.96. The van der Waals surface area contributed by atoms with Crippen molar-refractivity contribution in [1.29, 1.82) is 0 Å². The number of benzene rings is 2. The summed E-state index contributed by atoms with van der Waals surface area (Å²) in [7, 11) is 1.61. The summed E-state index contributed by atoms with van der Waals surface area (Å²) in [6, 6.07) is 12.1. The number of halogens is 2. The molecule has 0 saturated heterocycles. The molecule has 2 aromatic carbocycles. The zero-order valence-corrected chi connectivity index (χ0v) is 10.7. The molecular formula is C13H10ClFOS. The summed E-state index contributed by atoms with van der Waals surface area (Å²) in [4.78, 5) is 1.51.